The highest BCUT2D eigenvalue weighted by molar-refractivity contribution is 5.84. The number of aromatic hydroxyl groups is 1. The average molecular weight is 564 g/mol. The molecule has 0 spiro atoms. The second-order valence-electron chi connectivity index (χ2n) is 9.78. The van der Waals surface area contributed by atoms with Crippen molar-refractivity contribution in [2.75, 3.05) is 32.7 Å². The Balaban J connectivity index is 1.39. The highest BCUT2D eigenvalue weighted by Gasteiger charge is 2.27. The van der Waals surface area contributed by atoms with Crippen molar-refractivity contribution in [1.29, 1.82) is 0 Å². The third kappa shape index (κ3) is 8.22. The monoisotopic (exact) mass is 563 g/mol. The molecule has 3 N–H and O–H groups in total. The molecule has 9 nitrogen and oxygen atoms in total. The second kappa shape index (κ2) is 13.7. The summed E-state index contributed by atoms with van der Waals surface area (Å²) in [6.07, 6.45) is -1.67. The summed E-state index contributed by atoms with van der Waals surface area (Å²) < 4.78 is 25.3. The molecule has 41 heavy (non-hydrogen) atoms. The molecular weight excluding hydrogens is 532 g/mol. The quantitative estimate of drug-likeness (QED) is 0.362. The Labute approximate surface area is 236 Å². The van der Waals surface area contributed by atoms with Crippen LogP contribution in [0, 0.1) is 11.8 Å². The van der Waals surface area contributed by atoms with Crippen LogP contribution in [0.1, 0.15) is 40.8 Å². The van der Waals surface area contributed by atoms with Gasteiger partial charge >= 0.3 is 0 Å². The molecule has 2 heterocycles. The number of aromatic nitrogens is 2. The summed E-state index contributed by atoms with van der Waals surface area (Å²) in [6, 6.07) is 15.1. The number of carbonyl (C=O) groups is 2. The number of piperazine rings is 1. The van der Waals surface area contributed by atoms with Crippen molar-refractivity contribution < 1.29 is 23.5 Å². The van der Waals surface area contributed by atoms with Crippen LogP contribution in [0.25, 0.3) is 0 Å². The molecule has 0 bridgehead atoms. The zero-order valence-electron chi connectivity index (χ0n) is 22.6. The van der Waals surface area contributed by atoms with E-state index in [2.05, 4.69) is 32.0 Å². The Morgan fingerprint density at radius 2 is 1.59 bits per heavy atom. The van der Waals surface area contributed by atoms with Crippen molar-refractivity contribution >= 4 is 11.8 Å². The van der Waals surface area contributed by atoms with Gasteiger partial charge in [-0.15, -0.1) is 0 Å². The Bertz CT molecular complexity index is 1470. The van der Waals surface area contributed by atoms with Crippen LogP contribution in [-0.4, -0.2) is 75.8 Å². The van der Waals surface area contributed by atoms with Gasteiger partial charge in [-0.3, -0.25) is 19.3 Å². The Morgan fingerprint density at radius 3 is 2.15 bits per heavy atom. The number of alkyl halides is 2. The first-order valence-electron chi connectivity index (χ1n) is 13.2. The van der Waals surface area contributed by atoms with Crippen LogP contribution in [0.3, 0.4) is 0 Å². The molecule has 4 rings (SSSR count). The minimum absolute atomic E-state index is 0.0258. The number of hydrogen-bond donors (Lipinski definition) is 3. The van der Waals surface area contributed by atoms with E-state index in [1.165, 1.54) is 5.56 Å². The number of halogens is 2. The summed E-state index contributed by atoms with van der Waals surface area (Å²) in [5.41, 5.74) is 2.41. The molecule has 214 valence electrons. The van der Waals surface area contributed by atoms with Crippen LogP contribution in [-0.2, 0) is 22.6 Å². The van der Waals surface area contributed by atoms with Crippen molar-refractivity contribution in [2.24, 2.45) is 0 Å². The van der Waals surface area contributed by atoms with E-state index in [9.17, 15) is 28.3 Å². The Morgan fingerprint density at radius 1 is 1.00 bits per heavy atom. The van der Waals surface area contributed by atoms with Gasteiger partial charge in [0.25, 0.3) is 12.0 Å². The van der Waals surface area contributed by atoms with Gasteiger partial charge in [-0.05, 0) is 41.8 Å². The highest BCUT2D eigenvalue weighted by atomic mass is 19.3. The zero-order chi connectivity index (χ0) is 29.4. The standard InChI is InChI=1S/C30H31F2N5O4/c1-20(38)37-14-12-36(13-15-37)18-24-10-6-22(7-11-24)3-2-21-4-8-23(9-5-21)16-25(29(40)33-17-26(31)32)27-28(39)30(41)35-19-34-27/h4-11,19,25-26,39H,12-18H2,1H3,(H,33,40)(H,34,35,41). The van der Waals surface area contributed by atoms with Crippen molar-refractivity contribution in [3.05, 3.63) is 93.2 Å². The van der Waals surface area contributed by atoms with Gasteiger partial charge in [-0.25, -0.2) is 13.8 Å². The molecule has 1 saturated heterocycles. The molecule has 3 aromatic rings. The van der Waals surface area contributed by atoms with Gasteiger partial charge < -0.3 is 20.3 Å². The third-order valence-corrected chi connectivity index (χ3v) is 6.86. The van der Waals surface area contributed by atoms with Crippen LogP contribution < -0.4 is 10.9 Å². The fraction of sp³-hybridized carbons (Fsp3) is 0.333. The van der Waals surface area contributed by atoms with E-state index < -0.39 is 36.1 Å². The van der Waals surface area contributed by atoms with E-state index in [0.717, 1.165) is 50.2 Å². The lowest BCUT2D eigenvalue weighted by Gasteiger charge is -2.34. The molecule has 0 saturated carbocycles. The highest BCUT2D eigenvalue weighted by Crippen LogP contribution is 2.24. The molecule has 1 aliphatic rings. The number of nitrogens with zero attached hydrogens (tertiary/aromatic N) is 3. The van der Waals surface area contributed by atoms with Gasteiger partial charge in [-0.2, -0.15) is 0 Å². The van der Waals surface area contributed by atoms with Gasteiger partial charge in [-0.1, -0.05) is 36.1 Å². The minimum atomic E-state index is -2.75. The van der Waals surface area contributed by atoms with Crippen molar-refractivity contribution in [3.63, 3.8) is 0 Å². The number of H-pyrrole nitrogens is 1. The fourth-order valence-corrected chi connectivity index (χ4v) is 4.55. The first-order chi connectivity index (χ1) is 19.7. The lowest BCUT2D eigenvalue weighted by atomic mass is 9.94. The van der Waals surface area contributed by atoms with E-state index in [4.69, 9.17) is 0 Å². The Kier molecular flexibility index (Phi) is 9.81. The summed E-state index contributed by atoms with van der Waals surface area (Å²) in [5, 5.41) is 12.3. The van der Waals surface area contributed by atoms with E-state index in [1.54, 1.807) is 31.2 Å². The molecule has 0 radical (unpaired) electrons. The van der Waals surface area contributed by atoms with Gasteiger partial charge in [0.1, 0.15) is 5.69 Å². The van der Waals surface area contributed by atoms with Crippen LogP contribution in [0.4, 0.5) is 8.78 Å². The smallest absolute Gasteiger partial charge is 0.293 e. The molecule has 1 unspecified atom stereocenters. The number of carbonyl (C=O) groups excluding carboxylic acids is 2. The number of hydrogen-bond acceptors (Lipinski definition) is 6. The summed E-state index contributed by atoms with van der Waals surface area (Å²) >= 11 is 0. The van der Waals surface area contributed by atoms with Gasteiger partial charge in [0.15, 0.2) is 0 Å². The number of benzene rings is 2. The topological polar surface area (TPSA) is 119 Å². The maximum absolute atomic E-state index is 12.7. The summed E-state index contributed by atoms with van der Waals surface area (Å²) in [7, 11) is 0. The predicted molar refractivity (Wildman–Crippen MR) is 148 cm³/mol. The SMILES string of the molecule is CC(=O)N1CCN(Cc2ccc(C#Cc3ccc(CC(C(=O)NCC(F)F)c4nc[nH]c(=O)c4O)cc3)cc2)CC1. The van der Waals surface area contributed by atoms with Crippen LogP contribution >= 0.6 is 0 Å². The second-order valence-corrected chi connectivity index (χ2v) is 9.78. The molecule has 2 aromatic carbocycles. The largest absolute Gasteiger partial charge is 0.502 e. The van der Waals surface area contributed by atoms with Crippen molar-refractivity contribution in [1.82, 2.24) is 25.1 Å². The average Bonchev–Trinajstić information content (AvgIpc) is 2.97. The maximum atomic E-state index is 12.7. The third-order valence-electron chi connectivity index (χ3n) is 6.86. The predicted octanol–water partition coefficient (Wildman–Crippen LogP) is 2.25. The maximum Gasteiger partial charge on any atom is 0.293 e. The normalized spacial score (nSPS) is 14.3. The molecule has 1 aromatic heterocycles. The molecule has 0 aliphatic carbocycles. The summed E-state index contributed by atoms with van der Waals surface area (Å²) in [5.74, 6) is 3.70. The summed E-state index contributed by atoms with van der Waals surface area (Å²) in [6.45, 7) is 4.74. The molecule has 1 fully saturated rings. The summed E-state index contributed by atoms with van der Waals surface area (Å²) in [4.78, 5) is 46.3. The lowest BCUT2D eigenvalue weighted by molar-refractivity contribution is -0.130. The number of aromatic amines is 1. The van der Waals surface area contributed by atoms with Gasteiger partial charge in [0.05, 0.1) is 18.8 Å². The molecule has 1 atom stereocenters. The van der Waals surface area contributed by atoms with Gasteiger partial charge in [0.2, 0.25) is 17.6 Å². The van der Waals surface area contributed by atoms with Crippen LogP contribution in [0.15, 0.2) is 59.7 Å². The van der Waals surface area contributed by atoms with Gasteiger partial charge in [0, 0.05) is 50.8 Å². The van der Waals surface area contributed by atoms with E-state index in [1.807, 2.05) is 29.2 Å². The van der Waals surface area contributed by atoms with E-state index in [-0.39, 0.29) is 18.0 Å². The lowest BCUT2D eigenvalue weighted by Crippen LogP contribution is -2.47. The van der Waals surface area contributed by atoms with Crippen molar-refractivity contribution in [2.45, 2.75) is 32.2 Å². The van der Waals surface area contributed by atoms with Crippen LogP contribution in [0.2, 0.25) is 0 Å². The fourth-order valence-electron chi connectivity index (χ4n) is 4.55. The van der Waals surface area contributed by atoms with Crippen LogP contribution in [0.5, 0.6) is 5.75 Å². The van der Waals surface area contributed by atoms with E-state index in [0.29, 0.717) is 5.56 Å². The molecular formula is C30H31F2N5O4. The zero-order valence-corrected chi connectivity index (χ0v) is 22.6. The Hall–Kier alpha value is -4.56. The molecule has 2 amide bonds. The molecule has 1 aliphatic heterocycles. The van der Waals surface area contributed by atoms with E-state index >= 15 is 0 Å². The molecule has 11 heteroatoms. The van der Waals surface area contributed by atoms with Crippen molar-refractivity contribution in [3.8, 4) is 17.6 Å². The number of rotatable bonds is 8. The number of amides is 2. The number of nitrogens with one attached hydrogen (secondary N) is 2. The first kappa shape index (κ1) is 29.4. The first-order valence-corrected chi connectivity index (χ1v) is 13.2. The minimum Gasteiger partial charge on any atom is -0.502 e.